The van der Waals surface area contributed by atoms with E-state index < -0.39 is 5.91 Å². The van der Waals surface area contributed by atoms with Crippen molar-refractivity contribution >= 4 is 23.7 Å². The van der Waals surface area contributed by atoms with Crippen LogP contribution in [-0.2, 0) is 6.61 Å². The van der Waals surface area contributed by atoms with Crippen molar-refractivity contribution in [1.29, 1.82) is 0 Å². The summed E-state index contributed by atoms with van der Waals surface area (Å²) in [4.78, 5) is 12.0. The van der Waals surface area contributed by atoms with Crippen LogP contribution in [0.4, 0.5) is 0 Å². The van der Waals surface area contributed by atoms with Crippen LogP contribution < -0.4 is 10.2 Å². The van der Waals surface area contributed by atoms with E-state index in [0.717, 1.165) is 17.2 Å². The van der Waals surface area contributed by atoms with Gasteiger partial charge in [0.2, 0.25) is 0 Å². The van der Waals surface area contributed by atoms with E-state index in [9.17, 15) is 15.0 Å². The molecular weight excluding hydrogens is 380 g/mol. The first-order valence-corrected chi connectivity index (χ1v) is 8.72. The van der Waals surface area contributed by atoms with Crippen LogP contribution in [0, 0.1) is 0 Å². The maximum Gasteiger partial charge on any atom is 0.275 e. The third-order valence-electron chi connectivity index (χ3n) is 3.80. The quantitative estimate of drug-likeness (QED) is 0.432. The number of carbonyl (C=O) groups excluding carboxylic acids is 1. The van der Waals surface area contributed by atoms with Gasteiger partial charge < -0.3 is 14.9 Å². The lowest BCUT2D eigenvalue weighted by Crippen LogP contribution is -2.17. The van der Waals surface area contributed by atoms with Gasteiger partial charge in [0, 0.05) is 11.1 Å². The third kappa shape index (κ3) is 5.25. The van der Waals surface area contributed by atoms with Crippen LogP contribution in [0.15, 0.2) is 71.8 Å². The highest BCUT2D eigenvalue weighted by molar-refractivity contribution is 6.30. The van der Waals surface area contributed by atoms with Crippen LogP contribution in [0.5, 0.6) is 17.2 Å². The lowest BCUT2D eigenvalue weighted by atomic mass is 10.2. The summed E-state index contributed by atoms with van der Waals surface area (Å²) in [5.74, 6) is -0.340. The van der Waals surface area contributed by atoms with Crippen molar-refractivity contribution in [3.63, 3.8) is 0 Å². The molecule has 0 bridgehead atoms. The first kappa shape index (κ1) is 19.3. The lowest BCUT2D eigenvalue weighted by molar-refractivity contribution is 0.0952. The SMILES string of the molecule is O=C(N/N=C/c1ccc(OCc2ccc(Cl)cc2)cc1)c1ccc(O)cc1O. The summed E-state index contributed by atoms with van der Waals surface area (Å²) in [6.45, 7) is 0.427. The summed E-state index contributed by atoms with van der Waals surface area (Å²) in [5, 5.41) is 23.4. The third-order valence-corrected chi connectivity index (χ3v) is 4.06. The summed E-state index contributed by atoms with van der Waals surface area (Å²) in [7, 11) is 0. The van der Waals surface area contributed by atoms with Gasteiger partial charge in [0.15, 0.2) is 0 Å². The van der Waals surface area contributed by atoms with E-state index in [1.165, 1.54) is 18.3 Å². The van der Waals surface area contributed by atoms with Gasteiger partial charge in [0.05, 0.1) is 11.8 Å². The Hall–Kier alpha value is -3.51. The Morgan fingerprint density at radius 1 is 1.04 bits per heavy atom. The van der Waals surface area contributed by atoms with Gasteiger partial charge in [-0.05, 0) is 59.7 Å². The Balaban J connectivity index is 1.53. The van der Waals surface area contributed by atoms with Crippen LogP contribution >= 0.6 is 11.6 Å². The van der Waals surface area contributed by atoms with Crippen molar-refractivity contribution in [2.45, 2.75) is 6.61 Å². The van der Waals surface area contributed by atoms with Gasteiger partial charge in [-0.25, -0.2) is 5.43 Å². The smallest absolute Gasteiger partial charge is 0.275 e. The van der Waals surface area contributed by atoms with Crippen molar-refractivity contribution in [3.05, 3.63) is 88.4 Å². The number of hydrogen-bond acceptors (Lipinski definition) is 5. The predicted molar refractivity (Wildman–Crippen MR) is 107 cm³/mol. The number of nitrogens with one attached hydrogen (secondary N) is 1. The second-order valence-electron chi connectivity index (χ2n) is 5.88. The second kappa shape index (κ2) is 8.92. The van der Waals surface area contributed by atoms with E-state index >= 15 is 0 Å². The van der Waals surface area contributed by atoms with E-state index in [2.05, 4.69) is 10.5 Å². The molecule has 0 aliphatic rings. The zero-order chi connectivity index (χ0) is 19.9. The second-order valence-corrected chi connectivity index (χ2v) is 6.32. The standard InChI is InChI=1S/C21H17ClN2O4/c22-16-5-1-15(2-6-16)13-28-18-8-3-14(4-9-18)12-23-24-21(27)19-10-7-17(25)11-20(19)26/h1-12,25-26H,13H2,(H,24,27)/b23-12+. The molecule has 0 saturated heterocycles. The number of rotatable bonds is 6. The Morgan fingerprint density at radius 3 is 2.43 bits per heavy atom. The largest absolute Gasteiger partial charge is 0.508 e. The number of ether oxygens (including phenoxy) is 1. The molecule has 28 heavy (non-hydrogen) atoms. The van der Waals surface area contributed by atoms with Crippen molar-refractivity contribution in [3.8, 4) is 17.2 Å². The van der Waals surface area contributed by atoms with E-state index in [4.69, 9.17) is 16.3 Å². The maximum atomic E-state index is 12.0. The molecule has 0 atom stereocenters. The minimum absolute atomic E-state index is 0.0147. The molecule has 0 saturated carbocycles. The molecule has 3 rings (SSSR count). The molecule has 6 nitrogen and oxygen atoms in total. The van der Waals surface area contributed by atoms with Gasteiger partial charge in [-0.1, -0.05) is 23.7 Å². The summed E-state index contributed by atoms with van der Waals surface area (Å²) in [5.41, 5.74) is 4.10. The lowest BCUT2D eigenvalue weighted by Gasteiger charge is -2.06. The molecule has 1 amide bonds. The van der Waals surface area contributed by atoms with Gasteiger partial charge in [-0.3, -0.25) is 4.79 Å². The fraction of sp³-hybridized carbons (Fsp3) is 0.0476. The average molecular weight is 397 g/mol. The zero-order valence-corrected chi connectivity index (χ0v) is 15.4. The fourth-order valence-corrected chi connectivity index (χ4v) is 2.46. The number of aromatic hydroxyl groups is 2. The number of halogens is 1. The summed E-state index contributed by atoms with van der Waals surface area (Å²) < 4.78 is 5.70. The fourth-order valence-electron chi connectivity index (χ4n) is 2.34. The van der Waals surface area contributed by atoms with Crippen LogP contribution in [-0.4, -0.2) is 22.3 Å². The Kier molecular flexibility index (Phi) is 6.14. The molecule has 7 heteroatoms. The number of phenolic OH excluding ortho intramolecular Hbond substituents is 2. The number of benzene rings is 3. The molecule has 0 aliphatic carbocycles. The summed E-state index contributed by atoms with van der Waals surface area (Å²) >= 11 is 5.85. The van der Waals surface area contributed by atoms with E-state index in [0.29, 0.717) is 17.4 Å². The maximum absolute atomic E-state index is 12.0. The number of carbonyl (C=O) groups is 1. The number of hydrazone groups is 1. The molecule has 142 valence electrons. The van der Waals surface area contributed by atoms with Crippen LogP contribution in [0.25, 0.3) is 0 Å². The van der Waals surface area contributed by atoms with Gasteiger partial charge in [0.25, 0.3) is 5.91 Å². The average Bonchev–Trinajstić information content (AvgIpc) is 2.68. The van der Waals surface area contributed by atoms with E-state index in [1.807, 2.05) is 24.3 Å². The molecule has 3 aromatic rings. The van der Waals surface area contributed by atoms with Gasteiger partial charge in [-0.15, -0.1) is 0 Å². The predicted octanol–water partition coefficient (Wildman–Crippen LogP) is 4.09. The molecule has 0 unspecified atom stereocenters. The molecule has 0 fully saturated rings. The van der Waals surface area contributed by atoms with Crippen molar-refractivity contribution < 1.29 is 19.7 Å². The molecule has 3 aromatic carbocycles. The normalized spacial score (nSPS) is 10.8. The molecular formula is C21H17ClN2O4. The Labute approximate surface area is 166 Å². The summed E-state index contributed by atoms with van der Waals surface area (Å²) in [6.07, 6.45) is 1.47. The molecule has 0 aliphatic heterocycles. The highest BCUT2D eigenvalue weighted by atomic mass is 35.5. The number of hydrogen-bond donors (Lipinski definition) is 3. The van der Waals surface area contributed by atoms with Crippen molar-refractivity contribution in [2.24, 2.45) is 5.10 Å². The number of nitrogens with zero attached hydrogens (tertiary/aromatic N) is 1. The summed E-state index contributed by atoms with van der Waals surface area (Å²) in [6, 6.07) is 18.3. The number of amides is 1. The molecule has 0 heterocycles. The van der Waals surface area contributed by atoms with Gasteiger partial charge >= 0.3 is 0 Å². The molecule has 0 radical (unpaired) electrons. The first-order chi connectivity index (χ1) is 13.5. The van der Waals surface area contributed by atoms with Gasteiger partial charge in [0.1, 0.15) is 23.9 Å². The Morgan fingerprint density at radius 2 is 1.75 bits per heavy atom. The number of phenols is 2. The molecule has 3 N–H and O–H groups in total. The molecule has 0 aromatic heterocycles. The Bertz CT molecular complexity index is 986. The zero-order valence-electron chi connectivity index (χ0n) is 14.7. The van der Waals surface area contributed by atoms with Crippen LogP contribution in [0.3, 0.4) is 0 Å². The van der Waals surface area contributed by atoms with Crippen molar-refractivity contribution in [1.82, 2.24) is 5.43 Å². The topological polar surface area (TPSA) is 91.2 Å². The van der Waals surface area contributed by atoms with Crippen LogP contribution in [0.2, 0.25) is 5.02 Å². The minimum atomic E-state index is -0.586. The van der Waals surface area contributed by atoms with E-state index in [1.54, 1.807) is 24.3 Å². The van der Waals surface area contributed by atoms with Crippen molar-refractivity contribution in [2.75, 3.05) is 0 Å². The van der Waals surface area contributed by atoms with E-state index in [-0.39, 0.29) is 17.1 Å². The first-order valence-electron chi connectivity index (χ1n) is 8.34. The van der Waals surface area contributed by atoms with Gasteiger partial charge in [-0.2, -0.15) is 5.10 Å². The molecule has 0 spiro atoms. The highest BCUT2D eigenvalue weighted by Crippen LogP contribution is 2.22. The minimum Gasteiger partial charge on any atom is -0.508 e. The highest BCUT2D eigenvalue weighted by Gasteiger charge is 2.10. The van der Waals surface area contributed by atoms with Crippen LogP contribution in [0.1, 0.15) is 21.5 Å². The monoisotopic (exact) mass is 396 g/mol.